The van der Waals surface area contributed by atoms with Crippen molar-refractivity contribution in [1.82, 2.24) is 19.4 Å². The number of nitrogens with zero attached hydrogens (tertiary/aromatic N) is 4. The van der Waals surface area contributed by atoms with E-state index in [-0.39, 0.29) is 30.9 Å². The molecule has 163 valence electrons. The van der Waals surface area contributed by atoms with Gasteiger partial charge >= 0.3 is 0 Å². The molecule has 0 saturated heterocycles. The number of benzene rings is 1. The minimum absolute atomic E-state index is 0. The minimum atomic E-state index is -0.127. The molecule has 1 aromatic carbocycles. The maximum absolute atomic E-state index is 5.20. The SMILES string of the molecule is CC(C)(C)c1ccc2nc3c4[c-]c5c(cc4nc(C(C)(C)C)n3c2n1)C1CCC5C1.[Ir]. The summed E-state index contributed by atoms with van der Waals surface area (Å²) in [5, 5.41) is 1.05. The third-order valence-electron chi connectivity index (χ3n) is 7.01. The van der Waals surface area contributed by atoms with E-state index in [1.165, 1.54) is 30.4 Å². The third-order valence-corrected chi connectivity index (χ3v) is 7.01. The van der Waals surface area contributed by atoms with E-state index >= 15 is 0 Å². The minimum Gasteiger partial charge on any atom is -0.306 e. The quantitative estimate of drug-likeness (QED) is 0.230. The van der Waals surface area contributed by atoms with Crippen molar-refractivity contribution in [2.45, 2.75) is 83.5 Å². The second-order valence-corrected chi connectivity index (χ2v) is 11.4. The Morgan fingerprint density at radius 3 is 2.32 bits per heavy atom. The Balaban J connectivity index is 0.00000204. The molecule has 2 unspecified atom stereocenters. The van der Waals surface area contributed by atoms with Gasteiger partial charge in [-0.15, -0.1) is 23.3 Å². The normalized spacial score (nSPS) is 20.6. The van der Waals surface area contributed by atoms with E-state index in [0.29, 0.717) is 11.8 Å². The molecule has 2 aliphatic rings. The largest absolute Gasteiger partial charge is 0.306 e. The van der Waals surface area contributed by atoms with Gasteiger partial charge in [0.2, 0.25) is 0 Å². The van der Waals surface area contributed by atoms with Crippen LogP contribution in [-0.4, -0.2) is 19.4 Å². The molecule has 3 heterocycles. The van der Waals surface area contributed by atoms with Crippen LogP contribution < -0.4 is 0 Å². The summed E-state index contributed by atoms with van der Waals surface area (Å²) in [4.78, 5) is 15.3. The van der Waals surface area contributed by atoms with Crippen molar-refractivity contribution >= 4 is 27.7 Å². The molecule has 5 heteroatoms. The molecule has 0 spiro atoms. The van der Waals surface area contributed by atoms with Gasteiger partial charge in [-0.05, 0) is 42.3 Å². The molecule has 3 aromatic heterocycles. The van der Waals surface area contributed by atoms with Crippen LogP contribution in [0, 0.1) is 6.07 Å². The van der Waals surface area contributed by atoms with Crippen LogP contribution in [0.25, 0.3) is 27.7 Å². The van der Waals surface area contributed by atoms with Crippen LogP contribution in [0.15, 0.2) is 18.2 Å². The summed E-state index contributed by atoms with van der Waals surface area (Å²) in [5.74, 6) is 2.39. The number of rotatable bonds is 0. The molecule has 1 radical (unpaired) electrons. The van der Waals surface area contributed by atoms with Gasteiger partial charge in [0.05, 0.1) is 11.2 Å². The maximum atomic E-state index is 5.20. The Morgan fingerprint density at radius 1 is 0.871 bits per heavy atom. The topological polar surface area (TPSA) is 43.1 Å². The summed E-state index contributed by atoms with van der Waals surface area (Å²) in [6, 6.07) is 10.4. The van der Waals surface area contributed by atoms with E-state index in [4.69, 9.17) is 15.0 Å². The zero-order chi connectivity index (χ0) is 21.0. The van der Waals surface area contributed by atoms with Crippen molar-refractivity contribution in [2.24, 2.45) is 0 Å². The second-order valence-electron chi connectivity index (χ2n) is 11.4. The van der Waals surface area contributed by atoms with Crippen molar-refractivity contribution in [1.29, 1.82) is 0 Å². The number of hydrogen-bond acceptors (Lipinski definition) is 3. The summed E-state index contributed by atoms with van der Waals surface area (Å²) in [6.45, 7) is 13.3. The number of hydrogen-bond donors (Lipinski definition) is 0. The molecule has 1 fully saturated rings. The van der Waals surface area contributed by atoms with Crippen molar-refractivity contribution in [3.8, 4) is 0 Å². The van der Waals surface area contributed by atoms with Crippen molar-refractivity contribution in [3.63, 3.8) is 0 Å². The smallest absolute Gasteiger partial charge is 0.156 e. The number of pyridine rings is 1. The van der Waals surface area contributed by atoms with Crippen LogP contribution in [0.1, 0.15) is 95.3 Å². The molecular formula is C26H29IrN4-. The van der Waals surface area contributed by atoms with Crippen molar-refractivity contribution in [3.05, 3.63) is 46.9 Å². The van der Waals surface area contributed by atoms with E-state index in [1.807, 2.05) is 0 Å². The fraction of sp³-hybridized carbons (Fsp3) is 0.500. The fourth-order valence-electron chi connectivity index (χ4n) is 5.44. The molecule has 2 atom stereocenters. The first-order valence-electron chi connectivity index (χ1n) is 11.2. The standard InChI is InChI=1S/C26H29N4.Ir/c1-25(2,3)21-10-9-19-23(29-21)30-22(27-19)18-12-16-14-7-8-15(11-14)17(16)13-20(18)28-24(30)26(4,5)6;/h9-10,13-15H,7-8,11H2,1-6H3;/q-1;. The van der Waals surface area contributed by atoms with Gasteiger partial charge in [0, 0.05) is 36.6 Å². The van der Waals surface area contributed by atoms with Gasteiger partial charge in [0.1, 0.15) is 5.82 Å². The predicted molar refractivity (Wildman–Crippen MR) is 121 cm³/mol. The Labute approximate surface area is 197 Å². The predicted octanol–water partition coefficient (Wildman–Crippen LogP) is 6.19. The van der Waals surface area contributed by atoms with Crippen LogP contribution in [0.3, 0.4) is 0 Å². The molecule has 6 rings (SSSR count). The van der Waals surface area contributed by atoms with Crippen LogP contribution in [-0.2, 0) is 30.9 Å². The third kappa shape index (κ3) is 3.00. The summed E-state index contributed by atoms with van der Waals surface area (Å²) in [7, 11) is 0. The fourth-order valence-corrected chi connectivity index (χ4v) is 5.44. The van der Waals surface area contributed by atoms with Crippen molar-refractivity contribution in [2.75, 3.05) is 0 Å². The van der Waals surface area contributed by atoms with Crippen LogP contribution in [0.5, 0.6) is 0 Å². The number of fused-ring (bicyclic) bond motifs is 10. The summed E-state index contributed by atoms with van der Waals surface area (Å²) in [6.07, 6.45) is 3.91. The van der Waals surface area contributed by atoms with E-state index in [1.54, 1.807) is 0 Å². The maximum Gasteiger partial charge on any atom is 0.156 e. The van der Waals surface area contributed by atoms with Crippen molar-refractivity contribution < 1.29 is 20.1 Å². The second kappa shape index (κ2) is 6.59. The molecular weight excluding hydrogens is 561 g/mol. The molecule has 2 bridgehead atoms. The monoisotopic (exact) mass is 590 g/mol. The number of aromatic nitrogens is 4. The molecule has 4 nitrogen and oxygen atoms in total. The molecule has 2 aliphatic carbocycles. The summed E-state index contributed by atoms with van der Waals surface area (Å²) < 4.78 is 2.20. The molecule has 1 saturated carbocycles. The Morgan fingerprint density at radius 2 is 1.61 bits per heavy atom. The number of imidazole rings is 1. The van der Waals surface area contributed by atoms with Gasteiger partial charge < -0.3 is 4.40 Å². The first kappa shape index (κ1) is 21.0. The molecule has 0 N–H and O–H groups in total. The van der Waals surface area contributed by atoms with Crippen LogP contribution in [0.4, 0.5) is 0 Å². The first-order valence-corrected chi connectivity index (χ1v) is 11.2. The van der Waals surface area contributed by atoms with Gasteiger partial charge in [-0.1, -0.05) is 53.3 Å². The van der Waals surface area contributed by atoms with E-state index in [2.05, 4.69) is 70.2 Å². The van der Waals surface area contributed by atoms with Gasteiger partial charge in [0.25, 0.3) is 0 Å². The van der Waals surface area contributed by atoms with Gasteiger partial charge in [-0.3, -0.25) is 9.97 Å². The van der Waals surface area contributed by atoms with Gasteiger partial charge in [-0.2, -0.15) is 0 Å². The summed E-state index contributed by atoms with van der Waals surface area (Å²) in [5.41, 5.74) is 7.65. The first-order chi connectivity index (χ1) is 14.1. The molecule has 31 heavy (non-hydrogen) atoms. The molecule has 0 aliphatic heterocycles. The average Bonchev–Trinajstić information content (AvgIpc) is 3.37. The zero-order valence-electron chi connectivity index (χ0n) is 19.1. The Bertz CT molecular complexity index is 1350. The van der Waals surface area contributed by atoms with Crippen LogP contribution in [0.2, 0.25) is 0 Å². The van der Waals surface area contributed by atoms with E-state index < -0.39 is 0 Å². The average molecular weight is 590 g/mol. The van der Waals surface area contributed by atoms with E-state index in [0.717, 1.165) is 39.2 Å². The van der Waals surface area contributed by atoms with Gasteiger partial charge in [-0.25, -0.2) is 4.98 Å². The Kier molecular flexibility index (Phi) is 4.47. The van der Waals surface area contributed by atoms with E-state index in [9.17, 15) is 0 Å². The summed E-state index contributed by atoms with van der Waals surface area (Å²) >= 11 is 0. The zero-order valence-corrected chi connectivity index (χ0v) is 21.5. The van der Waals surface area contributed by atoms with Gasteiger partial charge in [0.15, 0.2) is 5.65 Å². The van der Waals surface area contributed by atoms with Crippen LogP contribution >= 0.6 is 0 Å². The Hall–Kier alpha value is -1.84. The molecule has 0 amide bonds. The molecule has 4 aromatic rings.